The minimum absolute atomic E-state index is 0.256. The molecule has 0 aliphatic heterocycles. The highest BCUT2D eigenvalue weighted by Crippen LogP contribution is 2.05. The number of ether oxygens (including phenoxy) is 1. The molecule has 1 nitrogen and oxygen atoms in total. The number of allylic oxidation sites excluding steroid dienone is 2. The van der Waals surface area contributed by atoms with Crippen molar-refractivity contribution < 1.29 is 4.74 Å². The standard InChI is InChI=1S/C10H16O/c1-2-3-6-9-11-10-7-4-5-8-10/h4-5,7-8,10H,2-3,6,9H2,1H3. The highest BCUT2D eigenvalue weighted by molar-refractivity contribution is 5.18. The first kappa shape index (κ1) is 8.54. The van der Waals surface area contributed by atoms with Gasteiger partial charge in [0.2, 0.25) is 0 Å². The Morgan fingerprint density at radius 1 is 1.18 bits per heavy atom. The van der Waals surface area contributed by atoms with Crippen molar-refractivity contribution in [2.75, 3.05) is 6.61 Å². The van der Waals surface area contributed by atoms with Crippen molar-refractivity contribution in [3.05, 3.63) is 24.3 Å². The van der Waals surface area contributed by atoms with E-state index in [1.807, 2.05) is 12.2 Å². The van der Waals surface area contributed by atoms with E-state index < -0.39 is 0 Å². The Kier molecular flexibility index (Phi) is 3.99. The van der Waals surface area contributed by atoms with Crippen molar-refractivity contribution >= 4 is 0 Å². The van der Waals surface area contributed by atoms with Crippen LogP contribution in [-0.4, -0.2) is 12.7 Å². The molecule has 0 fully saturated rings. The average molecular weight is 152 g/mol. The van der Waals surface area contributed by atoms with Crippen molar-refractivity contribution in [1.29, 1.82) is 0 Å². The normalized spacial score (nSPS) is 16.5. The molecule has 0 heterocycles. The summed E-state index contributed by atoms with van der Waals surface area (Å²) < 4.78 is 5.53. The van der Waals surface area contributed by atoms with E-state index >= 15 is 0 Å². The molecule has 62 valence electrons. The summed E-state index contributed by atoms with van der Waals surface area (Å²) >= 11 is 0. The van der Waals surface area contributed by atoms with Crippen molar-refractivity contribution in [1.82, 2.24) is 0 Å². The molecule has 0 N–H and O–H groups in total. The van der Waals surface area contributed by atoms with E-state index in [0.717, 1.165) is 6.61 Å². The fraction of sp³-hybridized carbons (Fsp3) is 0.600. The largest absolute Gasteiger partial charge is 0.370 e. The molecule has 0 aromatic heterocycles. The van der Waals surface area contributed by atoms with Crippen LogP contribution in [-0.2, 0) is 4.74 Å². The molecule has 11 heavy (non-hydrogen) atoms. The van der Waals surface area contributed by atoms with Crippen LogP contribution in [0.5, 0.6) is 0 Å². The molecule has 0 bridgehead atoms. The Bertz CT molecular complexity index is 135. The van der Waals surface area contributed by atoms with Gasteiger partial charge in [-0.15, -0.1) is 0 Å². The average Bonchev–Trinajstić information content (AvgIpc) is 2.50. The summed E-state index contributed by atoms with van der Waals surface area (Å²) in [6, 6.07) is 0. The maximum atomic E-state index is 5.53. The summed E-state index contributed by atoms with van der Waals surface area (Å²) in [6.07, 6.45) is 12.2. The van der Waals surface area contributed by atoms with Crippen LogP contribution in [0.15, 0.2) is 24.3 Å². The van der Waals surface area contributed by atoms with Crippen molar-refractivity contribution in [3.8, 4) is 0 Å². The SMILES string of the molecule is CCCCCOC1C=CC=C1. The second kappa shape index (κ2) is 5.14. The summed E-state index contributed by atoms with van der Waals surface area (Å²) in [5.74, 6) is 0. The van der Waals surface area contributed by atoms with Gasteiger partial charge in [0.15, 0.2) is 0 Å². The van der Waals surface area contributed by atoms with Gasteiger partial charge in [-0.2, -0.15) is 0 Å². The van der Waals surface area contributed by atoms with Gasteiger partial charge >= 0.3 is 0 Å². The van der Waals surface area contributed by atoms with Crippen LogP contribution >= 0.6 is 0 Å². The second-order valence-corrected chi connectivity index (χ2v) is 2.81. The molecule has 0 atom stereocenters. The topological polar surface area (TPSA) is 9.23 Å². The number of hydrogen-bond acceptors (Lipinski definition) is 1. The predicted molar refractivity (Wildman–Crippen MR) is 47.5 cm³/mol. The van der Waals surface area contributed by atoms with Crippen LogP contribution in [0.2, 0.25) is 0 Å². The maximum absolute atomic E-state index is 5.53. The van der Waals surface area contributed by atoms with Crippen LogP contribution < -0.4 is 0 Å². The molecular formula is C10H16O. The van der Waals surface area contributed by atoms with Crippen LogP contribution in [0.1, 0.15) is 26.2 Å². The second-order valence-electron chi connectivity index (χ2n) is 2.81. The Hall–Kier alpha value is -0.560. The lowest BCUT2D eigenvalue weighted by Gasteiger charge is -2.06. The molecule has 0 unspecified atom stereocenters. The number of hydrogen-bond donors (Lipinski definition) is 0. The lowest BCUT2D eigenvalue weighted by atomic mass is 10.3. The van der Waals surface area contributed by atoms with E-state index in [-0.39, 0.29) is 6.10 Å². The molecule has 0 radical (unpaired) electrons. The van der Waals surface area contributed by atoms with Gasteiger partial charge in [0.05, 0.1) is 6.10 Å². The van der Waals surface area contributed by atoms with Crippen molar-refractivity contribution in [2.24, 2.45) is 0 Å². The molecule has 1 aliphatic carbocycles. The first-order valence-electron chi connectivity index (χ1n) is 4.40. The number of unbranched alkanes of at least 4 members (excludes halogenated alkanes) is 2. The monoisotopic (exact) mass is 152 g/mol. The van der Waals surface area contributed by atoms with Crippen LogP contribution in [0.25, 0.3) is 0 Å². The molecule has 1 heteroatoms. The zero-order chi connectivity index (χ0) is 7.94. The Labute approximate surface area is 68.8 Å². The molecular weight excluding hydrogens is 136 g/mol. The molecule has 0 amide bonds. The minimum atomic E-state index is 0.256. The molecule has 0 saturated carbocycles. The van der Waals surface area contributed by atoms with Gasteiger partial charge in [-0.3, -0.25) is 0 Å². The first-order valence-corrected chi connectivity index (χ1v) is 4.40. The van der Waals surface area contributed by atoms with Crippen LogP contribution in [0, 0.1) is 0 Å². The van der Waals surface area contributed by atoms with Gasteiger partial charge in [-0.05, 0) is 6.42 Å². The van der Waals surface area contributed by atoms with Gasteiger partial charge in [0.25, 0.3) is 0 Å². The van der Waals surface area contributed by atoms with Crippen molar-refractivity contribution in [3.63, 3.8) is 0 Å². The van der Waals surface area contributed by atoms with Gasteiger partial charge < -0.3 is 4.74 Å². The highest BCUT2D eigenvalue weighted by Gasteiger charge is 2.01. The summed E-state index contributed by atoms with van der Waals surface area (Å²) in [6.45, 7) is 3.10. The molecule has 0 aromatic rings. The molecule has 1 aliphatic rings. The van der Waals surface area contributed by atoms with Gasteiger partial charge in [-0.1, -0.05) is 44.1 Å². The van der Waals surface area contributed by atoms with Crippen molar-refractivity contribution in [2.45, 2.75) is 32.3 Å². The lowest BCUT2D eigenvalue weighted by molar-refractivity contribution is 0.113. The van der Waals surface area contributed by atoms with E-state index in [1.165, 1.54) is 19.3 Å². The third kappa shape index (κ3) is 3.38. The third-order valence-electron chi connectivity index (χ3n) is 1.77. The smallest absolute Gasteiger partial charge is 0.0943 e. The summed E-state index contributed by atoms with van der Waals surface area (Å²) in [5, 5.41) is 0. The van der Waals surface area contributed by atoms with E-state index in [9.17, 15) is 0 Å². The maximum Gasteiger partial charge on any atom is 0.0943 e. The Morgan fingerprint density at radius 3 is 2.55 bits per heavy atom. The number of rotatable bonds is 5. The minimum Gasteiger partial charge on any atom is -0.370 e. The Morgan fingerprint density at radius 2 is 1.91 bits per heavy atom. The van der Waals surface area contributed by atoms with E-state index in [4.69, 9.17) is 4.74 Å². The molecule has 1 rings (SSSR count). The first-order chi connectivity index (χ1) is 5.43. The molecule has 0 saturated heterocycles. The quantitative estimate of drug-likeness (QED) is 0.550. The highest BCUT2D eigenvalue weighted by atomic mass is 16.5. The van der Waals surface area contributed by atoms with E-state index in [2.05, 4.69) is 19.1 Å². The van der Waals surface area contributed by atoms with Crippen LogP contribution in [0.4, 0.5) is 0 Å². The van der Waals surface area contributed by atoms with E-state index in [0.29, 0.717) is 0 Å². The zero-order valence-electron chi connectivity index (χ0n) is 7.12. The van der Waals surface area contributed by atoms with Gasteiger partial charge in [-0.25, -0.2) is 0 Å². The zero-order valence-corrected chi connectivity index (χ0v) is 7.12. The fourth-order valence-corrected chi connectivity index (χ4v) is 1.09. The molecule has 0 aromatic carbocycles. The lowest BCUT2D eigenvalue weighted by Crippen LogP contribution is -2.05. The van der Waals surface area contributed by atoms with Gasteiger partial charge in [0, 0.05) is 6.61 Å². The molecule has 0 spiro atoms. The Balaban J connectivity index is 1.95. The van der Waals surface area contributed by atoms with Gasteiger partial charge in [0.1, 0.15) is 0 Å². The fourth-order valence-electron chi connectivity index (χ4n) is 1.09. The summed E-state index contributed by atoms with van der Waals surface area (Å²) in [4.78, 5) is 0. The third-order valence-corrected chi connectivity index (χ3v) is 1.77. The summed E-state index contributed by atoms with van der Waals surface area (Å²) in [7, 11) is 0. The van der Waals surface area contributed by atoms with E-state index in [1.54, 1.807) is 0 Å². The summed E-state index contributed by atoms with van der Waals surface area (Å²) in [5.41, 5.74) is 0. The van der Waals surface area contributed by atoms with Crippen LogP contribution in [0.3, 0.4) is 0 Å². The predicted octanol–water partition coefficient (Wildman–Crippen LogP) is 2.69.